The number of carbonyl (C=O) groups is 2. The highest BCUT2D eigenvalue weighted by Crippen LogP contribution is 2.32. The van der Waals surface area contributed by atoms with Crippen molar-refractivity contribution in [2.24, 2.45) is 5.92 Å². The summed E-state index contributed by atoms with van der Waals surface area (Å²) in [7, 11) is -3.31. The van der Waals surface area contributed by atoms with Crippen molar-refractivity contribution in [3.8, 4) is 0 Å². The molecule has 8 heteroatoms. The number of anilines is 2. The maximum Gasteiger partial charge on any atom is 0.261 e. The molecule has 1 aliphatic carbocycles. The summed E-state index contributed by atoms with van der Waals surface area (Å²) in [5.74, 6) is -1.13. The predicted octanol–water partition coefficient (Wildman–Crippen LogP) is 5.47. The summed E-state index contributed by atoms with van der Waals surface area (Å²) in [6.07, 6.45) is 1.91. The minimum atomic E-state index is -3.31. The average Bonchev–Trinajstić information content (AvgIpc) is 3.66. The largest absolute Gasteiger partial charge is 0.326 e. The van der Waals surface area contributed by atoms with E-state index in [1.807, 2.05) is 39.0 Å². The molecule has 3 aromatic rings. The first-order valence-corrected chi connectivity index (χ1v) is 14.0. The van der Waals surface area contributed by atoms with Gasteiger partial charge in [-0.25, -0.2) is 12.8 Å². The minimum Gasteiger partial charge on any atom is -0.326 e. The van der Waals surface area contributed by atoms with Crippen LogP contribution in [0.5, 0.6) is 0 Å². The van der Waals surface area contributed by atoms with Crippen LogP contribution in [0.4, 0.5) is 15.8 Å². The van der Waals surface area contributed by atoms with Gasteiger partial charge in [-0.05, 0) is 92.6 Å². The molecule has 0 bridgehead atoms. The molecule has 1 N–H and O–H groups in total. The fraction of sp³-hybridized carbons (Fsp3) is 0.310. The summed E-state index contributed by atoms with van der Waals surface area (Å²) in [5, 5.41) is 2.65. The number of halogens is 1. The Hall–Kier alpha value is -3.52. The van der Waals surface area contributed by atoms with Crippen molar-refractivity contribution in [3.63, 3.8) is 0 Å². The molecule has 0 spiro atoms. The van der Waals surface area contributed by atoms with Crippen LogP contribution in [0.1, 0.15) is 46.8 Å². The van der Waals surface area contributed by atoms with Gasteiger partial charge in [0.05, 0.1) is 22.6 Å². The minimum absolute atomic E-state index is 0.00149. The smallest absolute Gasteiger partial charge is 0.261 e. The van der Waals surface area contributed by atoms with Crippen molar-refractivity contribution < 1.29 is 22.4 Å². The van der Waals surface area contributed by atoms with Gasteiger partial charge in [-0.3, -0.25) is 9.59 Å². The molecule has 4 rings (SSSR count). The van der Waals surface area contributed by atoms with Crippen LogP contribution in [0.25, 0.3) is 0 Å². The summed E-state index contributed by atoms with van der Waals surface area (Å²) in [6, 6.07) is 16.0. The molecule has 3 aromatic carbocycles. The maximum atomic E-state index is 15.0. The Balaban J connectivity index is 1.42. The lowest BCUT2D eigenvalue weighted by Crippen LogP contribution is -2.32. The zero-order valence-corrected chi connectivity index (χ0v) is 22.1. The van der Waals surface area contributed by atoms with Crippen molar-refractivity contribution in [1.82, 2.24) is 0 Å². The number of benzene rings is 3. The monoisotopic (exact) mass is 522 g/mol. The molecular formula is C29H31FN2O4S. The van der Waals surface area contributed by atoms with E-state index < -0.39 is 21.6 Å². The fourth-order valence-electron chi connectivity index (χ4n) is 4.26. The van der Waals surface area contributed by atoms with Gasteiger partial charge in [0.25, 0.3) is 5.91 Å². The van der Waals surface area contributed by atoms with E-state index in [9.17, 15) is 22.4 Å². The van der Waals surface area contributed by atoms with E-state index in [1.54, 1.807) is 12.1 Å². The van der Waals surface area contributed by atoms with Crippen LogP contribution in [0.3, 0.4) is 0 Å². The summed E-state index contributed by atoms with van der Waals surface area (Å²) < 4.78 is 39.8. The van der Waals surface area contributed by atoms with Crippen LogP contribution in [0, 0.1) is 25.6 Å². The third-order valence-electron chi connectivity index (χ3n) is 6.71. The average molecular weight is 523 g/mol. The highest BCUT2D eigenvalue weighted by atomic mass is 32.2. The van der Waals surface area contributed by atoms with Crippen LogP contribution < -0.4 is 10.2 Å². The summed E-state index contributed by atoms with van der Waals surface area (Å²) in [5.41, 5.74) is 3.52. The van der Waals surface area contributed by atoms with E-state index in [2.05, 4.69) is 5.32 Å². The van der Waals surface area contributed by atoms with Crippen LogP contribution in [0.15, 0.2) is 65.6 Å². The van der Waals surface area contributed by atoms with E-state index in [1.165, 1.54) is 29.2 Å². The lowest BCUT2D eigenvalue weighted by molar-refractivity contribution is -0.115. The number of rotatable bonds is 9. The molecule has 1 aliphatic rings. The Kier molecular flexibility index (Phi) is 7.78. The number of aryl methyl sites for hydroxylation is 1. The second-order valence-corrected chi connectivity index (χ2v) is 11.6. The number of hydrogen-bond acceptors (Lipinski definition) is 4. The van der Waals surface area contributed by atoms with Crippen molar-refractivity contribution in [2.75, 3.05) is 22.5 Å². The molecule has 0 aliphatic heterocycles. The maximum absolute atomic E-state index is 15.0. The molecular weight excluding hydrogens is 491 g/mol. The lowest BCUT2D eigenvalue weighted by atomic mass is 10.1. The van der Waals surface area contributed by atoms with E-state index in [-0.39, 0.29) is 40.1 Å². The van der Waals surface area contributed by atoms with Gasteiger partial charge in [-0.15, -0.1) is 0 Å². The molecule has 37 heavy (non-hydrogen) atoms. The molecule has 0 aromatic heterocycles. The third-order valence-corrected chi connectivity index (χ3v) is 8.61. The predicted molar refractivity (Wildman–Crippen MR) is 143 cm³/mol. The molecule has 0 unspecified atom stereocenters. The Morgan fingerprint density at radius 1 is 1.03 bits per heavy atom. The first-order valence-electron chi connectivity index (χ1n) is 12.4. The van der Waals surface area contributed by atoms with Crippen LogP contribution in [-0.2, 0) is 21.1 Å². The van der Waals surface area contributed by atoms with Gasteiger partial charge >= 0.3 is 0 Å². The molecule has 1 fully saturated rings. The van der Waals surface area contributed by atoms with Gasteiger partial charge in [-0.2, -0.15) is 0 Å². The first kappa shape index (κ1) is 26.5. The van der Waals surface area contributed by atoms with E-state index in [0.717, 1.165) is 35.7 Å². The second-order valence-electron chi connectivity index (χ2n) is 9.56. The highest BCUT2D eigenvalue weighted by Gasteiger charge is 2.29. The van der Waals surface area contributed by atoms with Crippen molar-refractivity contribution in [3.05, 3.63) is 88.7 Å². The zero-order chi connectivity index (χ0) is 26.7. The standard InChI is InChI=1S/C29H31FN2O4S/c1-4-32(27-7-5-6-19(2)20(27)3)29(34)25-15-12-23(17-26(25)30)31-28(33)16-21-10-13-24(14-11-21)37(35,36)18-22-8-9-22/h5-7,10-15,17,22H,4,8-9,16,18H2,1-3H3,(H,31,33). The first-order chi connectivity index (χ1) is 17.6. The van der Waals surface area contributed by atoms with E-state index >= 15 is 0 Å². The van der Waals surface area contributed by atoms with Crippen molar-refractivity contribution in [2.45, 2.75) is 44.9 Å². The molecule has 0 atom stereocenters. The van der Waals surface area contributed by atoms with Gasteiger partial charge in [0.15, 0.2) is 9.84 Å². The van der Waals surface area contributed by atoms with Gasteiger partial charge in [0.1, 0.15) is 5.82 Å². The Bertz CT molecular complexity index is 1430. The lowest BCUT2D eigenvalue weighted by Gasteiger charge is -2.24. The Morgan fingerprint density at radius 2 is 1.73 bits per heavy atom. The topological polar surface area (TPSA) is 83.6 Å². The van der Waals surface area contributed by atoms with Crippen LogP contribution in [0.2, 0.25) is 0 Å². The number of amides is 2. The molecule has 0 heterocycles. The molecule has 0 radical (unpaired) electrons. The Labute approximate surface area is 217 Å². The highest BCUT2D eigenvalue weighted by molar-refractivity contribution is 7.91. The molecule has 194 valence electrons. The molecule has 2 amide bonds. The van der Waals surface area contributed by atoms with Crippen LogP contribution in [-0.4, -0.2) is 32.5 Å². The number of nitrogens with zero attached hydrogens (tertiary/aromatic N) is 1. The quantitative estimate of drug-likeness (QED) is 0.404. The van der Waals surface area contributed by atoms with Crippen molar-refractivity contribution in [1.29, 1.82) is 0 Å². The number of hydrogen-bond donors (Lipinski definition) is 1. The summed E-state index contributed by atoms with van der Waals surface area (Å²) >= 11 is 0. The summed E-state index contributed by atoms with van der Waals surface area (Å²) in [4.78, 5) is 27.5. The molecule has 1 saturated carbocycles. The van der Waals surface area contributed by atoms with Crippen LogP contribution >= 0.6 is 0 Å². The van der Waals surface area contributed by atoms with Gasteiger partial charge < -0.3 is 10.2 Å². The Morgan fingerprint density at radius 3 is 2.35 bits per heavy atom. The van der Waals surface area contributed by atoms with Gasteiger partial charge in [0.2, 0.25) is 5.91 Å². The normalized spacial score (nSPS) is 13.3. The van der Waals surface area contributed by atoms with Gasteiger partial charge in [-0.1, -0.05) is 24.3 Å². The molecule has 6 nitrogen and oxygen atoms in total. The van der Waals surface area contributed by atoms with Gasteiger partial charge in [0, 0.05) is 17.9 Å². The summed E-state index contributed by atoms with van der Waals surface area (Å²) in [6.45, 7) is 6.10. The SMILES string of the molecule is CCN(C(=O)c1ccc(NC(=O)Cc2ccc(S(=O)(=O)CC3CC3)cc2)cc1F)c1cccc(C)c1C. The van der Waals surface area contributed by atoms with Crippen molar-refractivity contribution >= 4 is 33.0 Å². The van der Waals surface area contributed by atoms with E-state index in [0.29, 0.717) is 12.1 Å². The second kappa shape index (κ2) is 10.8. The molecule has 0 saturated heterocycles. The van der Waals surface area contributed by atoms with E-state index in [4.69, 9.17) is 0 Å². The third kappa shape index (κ3) is 6.25. The number of nitrogens with one attached hydrogen (secondary N) is 1. The number of sulfone groups is 1. The number of carbonyl (C=O) groups excluding carboxylic acids is 2. The fourth-order valence-corrected chi connectivity index (χ4v) is 5.96. The zero-order valence-electron chi connectivity index (χ0n) is 21.3.